The molecule has 2 aromatic rings. The van der Waals surface area contributed by atoms with Gasteiger partial charge in [0.15, 0.2) is 11.5 Å². The first kappa shape index (κ1) is 19.7. The molecule has 1 fully saturated rings. The average Bonchev–Trinajstić information content (AvgIpc) is 3.16. The van der Waals surface area contributed by atoms with Crippen molar-refractivity contribution in [2.45, 2.75) is 26.3 Å². The molecular weight excluding hydrogens is 398 g/mol. The van der Waals surface area contributed by atoms with Gasteiger partial charge in [0.05, 0.1) is 19.1 Å². The van der Waals surface area contributed by atoms with Crippen LogP contribution < -0.4 is 14.2 Å². The smallest absolute Gasteiger partial charge is 0.309 e. The second kappa shape index (κ2) is 8.13. The third-order valence-corrected chi connectivity index (χ3v) is 6.00. The van der Waals surface area contributed by atoms with Gasteiger partial charge in [-0.05, 0) is 60.7 Å². The van der Waals surface area contributed by atoms with Gasteiger partial charge in [-0.1, -0.05) is 6.07 Å². The summed E-state index contributed by atoms with van der Waals surface area (Å²) in [6.07, 6.45) is 1.56. The van der Waals surface area contributed by atoms with Gasteiger partial charge in [0.2, 0.25) is 6.79 Å². The van der Waals surface area contributed by atoms with E-state index in [0.29, 0.717) is 43.4 Å². The summed E-state index contributed by atoms with van der Waals surface area (Å²) in [4.78, 5) is 27.4. The van der Waals surface area contributed by atoms with E-state index in [2.05, 4.69) is 0 Å². The van der Waals surface area contributed by atoms with E-state index in [1.165, 1.54) is 0 Å². The first-order valence-electron chi connectivity index (χ1n) is 10.7. The van der Waals surface area contributed by atoms with Crippen LogP contribution in [0.25, 0.3) is 0 Å². The fourth-order valence-electron chi connectivity index (χ4n) is 4.25. The zero-order valence-electron chi connectivity index (χ0n) is 17.5. The molecule has 31 heavy (non-hydrogen) atoms. The molecule has 2 aliphatic heterocycles. The van der Waals surface area contributed by atoms with Gasteiger partial charge in [-0.15, -0.1) is 0 Å². The number of carbonyl (C=O) groups is 2. The van der Waals surface area contributed by atoms with Crippen LogP contribution in [0.4, 0.5) is 0 Å². The van der Waals surface area contributed by atoms with Crippen molar-refractivity contribution in [3.63, 3.8) is 0 Å². The lowest BCUT2D eigenvalue weighted by atomic mass is 10.1. The predicted molar refractivity (Wildman–Crippen MR) is 111 cm³/mol. The molecule has 7 heteroatoms. The molecule has 0 N–H and O–H groups in total. The Labute approximate surface area is 180 Å². The number of nitrogens with zero attached hydrogens (tertiary/aromatic N) is 1. The molecule has 2 heterocycles. The van der Waals surface area contributed by atoms with E-state index in [0.717, 1.165) is 29.7 Å². The lowest BCUT2D eigenvalue weighted by molar-refractivity contribution is -0.145. The van der Waals surface area contributed by atoms with Crippen LogP contribution in [0.2, 0.25) is 0 Å². The summed E-state index contributed by atoms with van der Waals surface area (Å²) in [5.74, 6) is 2.03. The first-order valence-corrected chi connectivity index (χ1v) is 10.7. The molecule has 0 spiro atoms. The summed E-state index contributed by atoms with van der Waals surface area (Å²) < 4.78 is 21.6. The molecule has 0 aromatic heterocycles. The highest BCUT2D eigenvalue weighted by atomic mass is 16.7. The van der Waals surface area contributed by atoms with Gasteiger partial charge in [0.25, 0.3) is 5.91 Å². The molecule has 1 amide bonds. The minimum absolute atomic E-state index is 0.0538. The van der Waals surface area contributed by atoms with E-state index in [4.69, 9.17) is 18.9 Å². The van der Waals surface area contributed by atoms with Crippen molar-refractivity contribution in [2.24, 2.45) is 11.8 Å². The van der Waals surface area contributed by atoms with Crippen LogP contribution in [0.1, 0.15) is 34.8 Å². The second-order valence-corrected chi connectivity index (χ2v) is 8.15. The third kappa shape index (κ3) is 4.04. The largest absolute Gasteiger partial charge is 0.493 e. The van der Waals surface area contributed by atoms with Crippen LogP contribution in [0, 0.1) is 11.8 Å². The van der Waals surface area contributed by atoms with Gasteiger partial charge < -0.3 is 23.8 Å². The lowest BCUT2D eigenvalue weighted by Crippen LogP contribution is -2.33. The number of hydrogen-bond acceptors (Lipinski definition) is 6. The first-order chi connectivity index (χ1) is 15.1. The topological polar surface area (TPSA) is 74.3 Å². The molecule has 162 valence electrons. The predicted octanol–water partition coefficient (Wildman–Crippen LogP) is 3.19. The molecule has 0 unspecified atom stereocenters. The third-order valence-electron chi connectivity index (χ3n) is 6.00. The summed E-state index contributed by atoms with van der Waals surface area (Å²) in [5, 5.41) is 0. The van der Waals surface area contributed by atoms with Crippen molar-refractivity contribution in [1.82, 2.24) is 4.90 Å². The zero-order valence-corrected chi connectivity index (χ0v) is 17.5. The van der Waals surface area contributed by atoms with E-state index in [-0.39, 0.29) is 30.5 Å². The number of esters is 1. The summed E-state index contributed by atoms with van der Waals surface area (Å²) in [6.45, 7) is 3.97. The molecule has 2 atom stereocenters. The van der Waals surface area contributed by atoms with E-state index in [9.17, 15) is 9.59 Å². The number of amides is 1. The molecule has 5 rings (SSSR count). The molecule has 1 saturated carbocycles. The van der Waals surface area contributed by atoms with E-state index >= 15 is 0 Å². The number of hydrogen-bond donors (Lipinski definition) is 0. The van der Waals surface area contributed by atoms with Crippen LogP contribution in [0.3, 0.4) is 0 Å². The van der Waals surface area contributed by atoms with Crippen molar-refractivity contribution < 1.29 is 28.5 Å². The molecule has 7 nitrogen and oxygen atoms in total. The van der Waals surface area contributed by atoms with Gasteiger partial charge in [-0.25, -0.2) is 0 Å². The van der Waals surface area contributed by atoms with Crippen LogP contribution in [0.15, 0.2) is 36.4 Å². The molecule has 1 aliphatic carbocycles. The van der Waals surface area contributed by atoms with Crippen molar-refractivity contribution >= 4 is 11.9 Å². The Morgan fingerprint density at radius 2 is 1.90 bits per heavy atom. The molecule has 2 aromatic carbocycles. The van der Waals surface area contributed by atoms with E-state index < -0.39 is 0 Å². The molecular formula is C24H25NO6. The number of ether oxygens (including phenoxy) is 4. The van der Waals surface area contributed by atoms with Crippen molar-refractivity contribution in [3.8, 4) is 17.2 Å². The normalized spacial score (nSPS) is 20.0. The number of fused-ring (bicyclic) bond motifs is 2. The fraction of sp³-hybridized carbons (Fsp3) is 0.417. The van der Waals surface area contributed by atoms with Crippen molar-refractivity contribution in [3.05, 3.63) is 53.1 Å². The minimum Gasteiger partial charge on any atom is -0.493 e. The maximum Gasteiger partial charge on any atom is 0.309 e. The van der Waals surface area contributed by atoms with Gasteiger partial charge in [0.1, 0.15) is 5.75 Å². The SMILES string of the molecule is CCOC(=O)[C@H]1C[C@H]1CN(Cc1ccc2c(c1)OCO2)C(=O)c1ccc2c(c1)CCO2. The molecule has 0 bridgehead atoms. The van der Waals surface area contributed by atoms with E-state index in [1.54, 1.807) is 0 Å². The highest BCUT2D eigenvalue weighted by Crippen LogP contribution is 2.41. The second-order valence-electron chi connectivity index (χ2n) is 8.15. The van der Waals surface area contributed by atoms with Gasteiger partial charge in [0, 0.05) is 25.1 Å². The highest BCUT2D eigenvalue weighted by Gasteiger charge is 2.45. The van der Waals surface area contributed by atoms with Crippen LogP contribution in [0.5, 0.6) is 17.2 Å². The summed E-state index contributed by atoms with van der Waals surface area (Å²) >= 11 is 0. The monoisotopic (exact) mass is 423 g/mol. The Hall–Kier alpha value is -3.22. The number of benzene rings is 2. The minimum atomic E-state index is -0.169. The Morgan fingerprint density at radius 3 is 2.77 bits per heavy atom. The van der Waals surface area contributed by atoms with Gasteiger partial charge >= 0.3 is 5.97 Å². The molecule has 3 aliphatic rings. The van der Waals surface area contributed by atoms with Crippen LogP contribution >= 0.6 is 0 Å². The standard InChI is InChI=1S/C24H25NO6/c1-2-28-24(27)19-11-18(19)13-25(12-15-3-5-21-22(9-15)31-14-30-21)23(26)17-4-6-20-16(10-17)7-8-29-20/h3-6,9-10,18-19H,2,7-8,11-14H2,1H3/t18-,19-/m0/s1. The molecule has 0 saturated heterocycles. The van der Waals surface area contributed by atoms with E-state index in [1.807, 2.05) is 48.2 Å². The summed E-state index contributed by atoms with van der Waals surface area (Å²) in [6, 6.07) is 11.3. The van der Waals surface area contributed by atoms with Crippen LogP contribution in [-0.2, 0) is 22.5 Å². The Bertz CT molecular complexity index is 1020. The van der Waals surface area contributed by atoms with Crippen LogP contribution in [-0.4, -0.2) is 43.3 Å². The number of rotatable bonds is 7. The van der Waals surface area contributed by atoms with Crippen molar-refractivity contribution in [2.75, 3.05) is 26.6 Å². The zero-order chi connectivity index (χ0) is 21.4. The summed E-state index contributed by atoms with van der Waals surface area (Å²) in [5.41, 5.74) is 2.65. The fourth-order valence-corrected chi connectivity index (χ4v) is 4.25. The lowest BCUT2D eigenvalue weighted by Gasteiger charge is -2.23. The Balaban J connectivity index is 1.36. The maximum absolute atomic E-state index is 13.5. The Kier molecular flexibility index (Phi) is 5.18. The van der Waals surface area contributed by atoms with Crippen molar-refractivity contribution in [1.29, 1.82) is 0 Å². The number of carbonyl (C=O) groups excluding carboxylic acids is 2. The average molecular weight is 423 g/mol. The Morgan fingerprint density at radius 1 is 1.06 bits per heavy atom. The molecule has 0 radical (unpaired) electrons. The van der Waals surface area contributed by atoms with Gasteiger partial charge in [-0.3, -0.25) is 9.59 Å². The summed E-state index contributed by atoms with van der Waals surface area (Å²) in [7, 11) is 0. The maximum atomic E-state index is 13.5. The highest BCUT2D eigenvalue weighted by molar-refractivity contribution is 5.94. The van der Waals surface area contributed by atoms with Gasteiger partial charge in [-0.2, -0.15) is 0 Å². The quantitative estimate of drug-likeness (QED) is 0.637.